The number of alkyl halides is 2. The summed E-state index contributed by atoms with van der Waals surface area (Å²) in [6.07, 6.45) is -4.83. The quantitative estimate of drug-likeness (QED) is 0.233. The number of amides is 2. The molecule has 0 aromatic heterocycles. The third kappa shape index (κ3) is 6.75. The van der Waals surface area contributed by atoms with Crippen molar-refractivity contribution in [2.45, 2.75) is 45.4 Å². The average molecular weight is 613 g/mol. The average Bonchev–Trinajstić information content (AvgIpc) is 3.08. The topological polar surface area (TPSA) is 102 Å². The molecule has 4 aromatic rings. The van der Waals surface area contributed by atoms with Crippen molar-refractivity contribution in [2.24, 2.45) is 0 Å². The number of halogens is 2. The Morgan fingerprint density at radius 3 is 2.09 bits per heavy atom. The number of esters is 2. The van der Waals surface area contributed by atoms with Crippen LogP contribution in [-0.4, -0.2) is 35.9 Å². The number of carbonyl (C=O) groups excluding carboxylic acids is 4. The van der Waals surface area contributed by atoms with Crippen LogP contribution >= 0.6 is 0 Å². The van der Waals surface area contributed by atoms with Crippen LogP contribution in [0.5, 0.6) is 0 Å². The Kier molecular flexibility index (Phi) is 8.76. The first-order valence-corrected chi connectivity index (χ1v) is 14.2. The summed E-state index contributed by atoms with van der Waals surface area (Å²) in [5.41, 5.74) is 3.54. The van der Waals surface area contributed by atoms with Gasteiger partial charge in [-0.25, -0.2) is 8.78 Å². The third-order valence-electron chi connectivity index (χ3n) is 7.33. The Labute approximate surface area is 258 Å². The SMILES string of the molecule is CC(=O)OC1CC(F)(F)C(OC(C)=O)c2ccccc2N1C(=O)c1ccc(NC(=O)c2ccccc2-c2ccc(C)cc2)cc1. The van der Waals surface area contributed by atoms with Gasteiger partial charge < -0.3 is 14.8 Å². The normalized spacial score (nSPS) is 17.0. The Balaban J connectivity index is 1.44. The third-order valence-corrected chi connectivity index (χ3v) is 7.33. The standard InChI is InChI=1S/C35H30F2N2O6/c1-21-12-14-24(15-13-21)27-8-4-5-9-28(27)33(42)38-26-18-16-25(17-19-26)34(43)39-30-11-7-6-10-29(30)32(45-23(3)41)35(36,37)20-31(39)44-22(2)40/h4-19,31-32H,20H2,1-3H3,(H,38,42). The molecule has 4 aromatic carbocycles. The lowest BCUT2D eigenvalue weighted by Gasteiger charge is -2.31. The molecule has 2 atom stereocenters. The molecule has 1 heterocycles. The van der Waals surface area contributed by atoms with Gasteiger partial charge in [-0.15, -0.1) is 0 Å². The van der Waals surface area contributed by atoms with Crippen LogP contribution in [0.1, 0.15) is 58.2 Å². The molecule has 0 spiro atoms. The largest absolute Gasteiger partial charge is 0.451 e. The monoisotopic (exact) mass is 612 g/mol. The molecule has 45 heavy (non-hydrogen) atoms. The second kappa shape index (κ2) is 12.7. The van der Waals surface area contributed by atoms with Gasteiger partial charge in [0.15, 0.2) is 12.3 Å². The van der Waals surface area contributed by atoms with Crippen LogP contribution in [-0.2, 0) is 19.1 Å². The fourth-order valence-electron chi connectivity index (χ4n) is 5.28. The van der Waals surface area contributed by atoms with E-state index in [0.717, 1.165) is 35.4 Å². The predicted molar refractivity (Wildman–Crippen MR) is 164 cm³/mol. The molecule has 0 radical (unpaired) electrons. The maximum Gasteiger partial charge on any atom is 0.304 e. The van der Waals surface area contributed by atoms with Crippen LogP contribution in [0.4, 0.5) is 20.2 Å². The van der Waals surface area contributed by atoms with Gasteiger partial charge in [-0.05, 0) is 54.4 Å². The van der Waals surface area contributed by atoms with Crippen molar-refractivity contribution in [3.05, 3.63) is 119 Å². The molecule has 230 valence electrons. The summed E-state index contributed by atoms with van der Waals surface area (Å²) in [6.45, 7) is 4.04. The molecule has 0 aliphatic carbocycles. The highest BCUT2D eigenvalue weighted by Gasteiger charge is 2.52. The highest BCUT2D eigenvalue weighted by atomic mass is 19.3. The van der Waals surface area contributed by atoms with Crippen LogP contribution in [0.15, 0.2) is 97.1 Å². The van der Waals surface area contributed by atoms with Gasteiger partial charge in [0, 0.05) is 36.2 Å². The number of para-hydroxylation sites is 1. The molecule has 2 unspecified atom stereocenters. The van der Waals surface area contributed by atoms with E-state index in [4.69, 9.17) is 9.47 Å². The molecule has 0 fully saturated rings. The molecule has 0 saturated carbocycles. The molecular weight excluding hydrogens is 582 g/mol. The number of hydrogen-bond donors (Lipinski definition) is 1. The number of benzene rings is 4. The molecule has 0 saturated heterocycles. The highest BCUT2D eigenvalue weighted by Crippen LogP contribution is 2.47. The number of anilines is 2. The molecule has 1 aliphatic heterocycles. The minimum absolute atomic E-state index is 0.00210. The Morgan fingerprint density at radius 2 is 1.42 bits per heavy atom. The first kappa shape index (κ1) is 31.1. The lowest BCUT2D eigenvalue weighted by molar-refractivity contribution is -0.181. The van der Waals surface area contributed by atoms with Crippen molar-refractivity contribution < 1.29 is 37.4 Å². The van der Waals surface area contributed by atoms with Crippen molar-refractivity contribution >= 4 is 35.1 Å². The number of ether oxygens (including phenoxy) is 2. The number of carbonyl (C=O) groups is 4. The van der Waals surface area contributed by atoms with E-state index < -0.39 is 42.5 Å². The number of nitrogens with one attached hydrogen (secondary N) is 1. The number of fused-ring (bicyclic) bond motifs is 1. The number of nitrogens with zero attached hydrogens (tertiary/aromatic N) is 1. The maximum absolute atomic E-state index is 15.5. The van der Waals surface area contributed by atoms with Gasteiger partial charge >= 0.3 is 11.9 Å². The lowest BCUT2D eigenvalue weighted by Crippen LogP contribution is -2.45. The zero-order chi connectivity index (χ0) is 32.3. The Bertz CT molecular complexity index is 1750. The Hall–Kier alpha value is -5.38. The van der Waals surface area contributed by atoms with E-state index in [2.05, 4.69) is 5.32 Å². The van der Waals surface area contributed by atoms with Gasteiger partial charge in [-0.3, -0.25) is 24.1 Å². The predicted octanol–water partition coefficient (Wildman–Crippen LogP) is 7.09. The molecule has 10 heteroatoms. The van der Waals surface area contributed by atoms with Gasteiger partial charge in [-0.2, -0.15) is 0 Å². The zero-order valence-electron chi connectivity index (χ0n) is 24.8. The minimum atomic E-state index is -3.68. The van der Waals surface area contributed by atoms with Crippen molar-refractivity contribution in [3.63, 3.8) is 0 Å². The summed E-state index contributed by atoms with van der Waals surface area (Å²) >= 11 is 0. The second-order valence-corrected chi connectivity index (χ2v) is 10.7. The molecule has 8 nitrogen and oxygen atoms in total. The van der Waals surface area contributed by atoms with E-state index in [-0.39, 0.29) is 22.7 Å². The second-order valence-electron chi connectivity index (χ2n) is 10.7. The summed E-state index contributed by atoms with van der Waals surface area (Å²) in [5, 5.41) is 2.84. The summed E-state index contributed by atoms with van der Waals surface area (Å²) in [6, 6.07) is 26.7. The van der Waals surface area contributed by atoms with E-state index in [1.807, 2.05) is 43.3 Å². The molecule has 5 rings (SSSR count). The maximum atomic E-state index is 15.5. The van der Waals surface area contributed by atoms with E-state index in [9.17, 15) is 19.2 Å². The van der Waals surface area contributed by atoms with Gasteiger partial charge in [0.2, 0.25) is 0 Å². The van der Waals surface area contributed by atoms with Crippen molar-refractivity contribution in [1.29, 1.82) is 0 Å². The minimum Gasteiger partial charge on any atom is -0.451 e. The number of hydrogen-bond acceptors (Lipinski definition) is 6. The number of rotatable bonds is 6. The van der Waals surface area contributed by atoms with Gasteiger partial charge in [0.1, 0.15) is 0 Å². The fraction of sp³-hybridized carbons (Fsp3) is 0.200. The van der Waals surface area contributed by atoms with Crippen LogP contribution in [0, 0.1) is 6.92 Å². The van der Waals surface area contributed by atoms with Crippen LogP contribution in [0.2, 0.25) is 0 Å². The van der Waals surface area contributed by atoms with E-state index in [1.54, 1.807) is 12.1 Å². The van der Waals surface area contributed by atoms with E-state index >= 15 is 8.78 Å². The molecule has 2 amide bonds. The van der Waals surface area contributed by atoms with Crippen LogP contribution < -0.4 is 10.2 Å². The molecule has 0 bridgehead atoms. The van der Waals surface area contributed by atoms with Gasteiger partial charge in [0.05, 0.1) is 12.1 Å². The molecular formula is C35H30F2N2O6. The highest BCUT2D eigenvalue weighted by molar-refractivity contribution is 6.10. The van der Waals surface area contributed by atoms with Crippen molar-refractivity contribution in [3.8, 4) is 11.1 Å². The number of aryl methyl sites for hydroxylation is 1. The van der Waals surface area contributed by atoms with E-state index in [0.29, 0.717) is 11.3 Å². The summed E-state index contributed by atoms with van der Waals surface area (Å²) in [7, 11) is 0. The van der Waals surface area contributed by atoms with E-state index in [1.165, 1.54) is 48.5 Å². The van der Waals surface area contributed by atoms with Crippen molar-refractivity contribution in [1.82, 2.24) is 0 Å². The summed E-state index contributed by atoms with van der Waals surface area (Å²) in [4.78, 5) is 51.9. The first-order chi connectivity index (χ1) is 21.4. The van der Waals surface area contributed by atoms with Crippen molar-refractivity contribution in [2.75, 3.05) is 10.2 Å². The first-order valence-electron chi connectivity index (χ1n) is 14.2. The van der Waals surface area contributed by atoms with Crippen LogP contribution in [0.3, 0.4) is 0 Å². The lowest BCUT2D eigenvalue weighted by atomic mass is 9.98. The molecule has 1 N–H and O–H groups in total. The summed E-state index contributed by atoms with van der Waals surface area (Å²) in [5.74, 6) is -6.59. The summed E-state index contributed by atoms with van der Waals surface area (Å²) < 4.78 is 41.3. The zero-order valence-corrected chi connectivity index (χ0v) is 24.8. The fourth-order valence-corrected chi connectivity index (χ4v) is 5.28. The van der Waals surface area contributed by atoms with Gasteiger partial charge in [-0.1, -0.05) is 66.2 Å². The Morgan fingerprint density at radius 1 is 0.800 bits per heavy atom. The molecule has 1 aliphatic rings. The van der Waals surface area contributed by atoms with Crippen LogP contribution in [0.25, 0.3) is 11.1 Å². The smallest absolute Gasteiger partial charge is 0.304 e. The van der Waals surface area contributed by atoms with Gasteiger partial charge in [0.25, 0.3) is 17.7 Å².